The topological polar surface area (TPSA) is 112 Å². The van der Waals surface area contributed by atoms with Crippen LogP contribution in [0.4, 0.5) is 92.2 Å². The van der Waals surface area contributed by atoms with Crippen LogP contribution < -0.4 is 0 Å². The fourth-order valence-electron chi connectivity index (χ4n) is 2.29. The van der Waals surface area contributed by atoms with Crippen molar-refractivity contribution in [3.63, 3.8) is 0 Å². The van der Waals surface area contributed by atoms with Gasteiger partial charge in [0.1, 0.15) is 17.3 Å². The Bertz CT molecular complexity index is 1350. The summed E-state index contributed by atoms with van der Waals surface area (Å²) in [6.45, 7) is 11.2. The van der Waals surface area contributed by atoms with Crippen LogP contribution in [0.25, 0.3) is 0 Å². The Morgan fingerprint density at radius 2 is 0.448 bits per heavy atom. The fraction of sp³-hybridized carbons (Fsp3) is 0.700. The maximum absolute atomic E-state index is 12.9. The van der Waals surface area contributed by atoms with Crippen LogP contribution in [-0.4, -0.2) is 86.7 Å². The van der Waals surface area contributed by atoms with E-state index >= 15 is 0 Å². The zero-order valence-corrected chi connectivity index (χ0v) is 32.2. The number of hydrogen-bond acceptors (Lipinski definition) is 6. The standard InChI is InChI=1S/3C10H11F7O2.Yb/c3*1-7(2,3)5(18)4-6(19)8(11,12)9(13,14)10(15,16)17;/h3*4,18H,1-3H3;/b3*5-4-;. The molecule has 0 saturated carbocycles. The molecule has 0 unspecified atom stereocenters. The van der Waals surface area contributed by atoms with Gasteiger partial charge in [0.15, 0.2) is 0 Å². The van der Waals surface area contributed by atoms with Crippen LogP contribution in [-0.2, 0) is 14.4 Å². The number of rotatable bonds is 9. The molecule has 0 fully saturated rings. The summed E-state index contributed by atoms with van der Waals surface area (Å²) in [7, 11) is 0. The number of ketones is 3. The van der Waals surface area contributed by atoms with Gasteiger partial charge in [0, 0.05) is 81.4 Å². The molecule has 6 nitrogen and oxygen atoms in total. The van der Waals surface area contributed by atoms with Crippen molar-refractivity contribution in [1.82, 2.24) is 0 Å². The van der Waals surface area contributed by atoms with Crippen molar-refractivity contribution in [3.8, 4) is 0 Å². The van der Waals surface area contributed by atoms with E-state index in [0.717, 1.165) is 0 Å². The predicted molar refractivity (Wildman–Crippen MR) is 153 cm³/mol. The van der Waals surface area contributed by atoms with Crippen LogP contribution in [0, 0.1) is 63.2 Å². The molecule has 350 valence electrons. The molecule has 0 heterocycles. The Balaban J connectivity index is -0.000000374. The van der Waals surface area contributed by atoms with E-state index in [1.54, 1.807) is 0 Å². The maximum atomic E-state index is 12.9. The molecule has 58 heavy (non-hydrogen) atoms. The van der Waals surface area contributed by atoms with Gasteiger partial charge < -0.3 is 15.3 Å². The van der Waals surface area contributed by atoms with Crippen molar-refractivity contribution < 1.29 is 169 Å². The van der Waals surface area contributed by atoms with Crippen molar-refractivity contribution in [3.05, 3.63) is 35.5 Å². The third kappa shape index (κ3) is 15.0. The molecule has 0 bridgehead atoms. The van der Waals surface area contributed by atoms with E-state index in [2.05, 4.69) is 0 Å². The van der Waals surface area contributed by atoms with Crippen molar-refractivity contribution in [2.24, 2.45) is 16.2 Å². The van der Waals surface area contributed by atoms with Crippen LogP contribution in [0.3, 0.4) is 0 Å². The van der Waals surface area contributed by atoms with Crippen molar-refractivity contribution in [1.29, 1.82) is 0 Å². The molecule has 0 aromatic heterocycles. The first-order valence-electron chi connectivity index (χ1n) is 14.5. The zero-order valence-electron chi connectivity index (χ0n) is 30.5. The van der Waals surface area contributed by atoms with E-state index < -0.39 is 105 Å². The SMILES string of the molecule is CC(C)(C)/C(O)=C/C(=O)C(F)(F)C(F)(F)C(F)(F)F.CC(C)(C)/C(O)=C/C(=O)C(F)(F)C(F)(F)C(F)(F)F.CC(C)(C)/C(O)=C/C(=O)C(F)(F)C(F)(F)C(F)(F)F.[Yb]. The molecular weight excluding hydrogens is 1030 g/mol. The minimum Gasteiger partial charge on any atom is -0.512 e. The summed E-state index contributed by atoms with van der Waals surface area (Å²) in [5.41, 5.74) is -3.75. The monoisotopic (exact) mass is 1060 g/mol. The van der Waals surface area contributed by atoms with E-state index in [4.69, 9.17) is 15.3 Å². The van der Waals surface area contributed by atoms with Crippen molar-refractivity contribution >= 4 is 17.3 Å². The van der Waals surface area contributed by atoms with Crippen LogP contribution in [0.5, 0.6) is 0 Å². The quantitative estimate of drug-likeness (QED) is 0.120. The van der Waals surface area contributed by atoms with E-state index in [1.165, 1.54) is 62.3 Å². The molecule has 28 heteroatoms. The Morgan fingerprint density at radius 1 is 0.328 bits per heavy atom. The summed E-state index contributed by atoms with van der Waals surface area (Å²) < 4.78 is 258. The molecule has 0 rings (SSSR count). The van der Waals surface area contributed by atoms with Gasteiger partial charge in [-0.25, -0.2) is 0 Å². The summed E-state index contributed by atoms with van der Waals surface area (Å²) in [6, 6.07) is 0. The molecule has 0 aliphatic heterocycles. The summed E-state index contributed by atoms with van der Waals surface area (Å²) in [4.78, 5) is 32.5. The Morgan fingerprint density at radius 3 is 0.534 bits per heavy atom. The van der Waals surface area contributed by atoms with Gasteiger partial charge in [0.25, 0.3) is 0 Å². The smallest absolute Gasteiger partial charge is 0.460 e. The summed E-state index contributed by atoms with van der Waals surface area (Å²) in [5.74, 6) is -49.1. The van der Waals surface area contributed by atoms with Crippen LogP contribution >= 0.6 is 0 Å². The second-order valence-electron chi connectivity index (χ2n) is 14.4. The second-order valence-corrected chi connectivity index (χ2v) is 14.4. The molecule has 0 aromatic carbocycles. The van der Waals surface area contributed by atoms with E-state index in [1.807, 2.05) is 0 Å². The molecule has 0 saturated heterocycles. The summed E-state index contributed by atoms with van der Waals surface area (Å²) in [6.07, 6.45) is -20.7. The third-order valence-corrected chi connectivity index (χ3v) is 6.29. The van der Waals surface area contributed by atoms with Gasteiger partial charge >= 0.3 is 54.1 Å². The minimum atomic E-state index is -6.59. The van der Waals surface area contributed by atoms with Crippen molar-refractivity contribution in [2.45, 2.75) is 116 Å². The Kier molecular flexibility index (Phi) is 20.6. The molecule has 3 N–H and O–H groups in total. The molecule has 0 radical (unpaired) electrons. The number of carbonyl (C=O) groups is 3. The number of halogens is 21. The number of allylic oxidation sites excluding steroid dienone is 6. The fourth-order valence-corrected chi connectivity index (χ4v) is 2.29. The molecule has 0 aliphatic rings. The molecule has 0 aromatic rings. The predicted octanol–water partition coefficient (Wildman–Crippen LogP) is 11.6. The molecule has 0 spiro atoms. The number of alkyl halides is 21. The zero-order chi connectivity index (χ0) is 47.6. The largest absolute Gasteiger partial charge is 0.512 e. The molecule has 0 atom stereocenters. The molecular formula is C30H33F21O6Yb. The van der Waals surface area contributed by atoms with Gasteiger partial charge in [-0.1, -0.05) is 62.3 Å². The first-order chi connectivity index (χ1) is 24.1. The van der Waals surface area contributed by atoms with Crippen LogP contribution in [0.15, 0.2) is 35.5 Å². The average Bonchev–Trinajstić information content (AvgIpc) is 2.93. The number of hydrogen-bond donors (Lipinski definition) is 3. The Labute approximate surface area is 352 Å². The van der Waals surface area contributed by atoms with Gasteiger partial charge in [-0.05, 0) is 0 Å². The third-order valence-electron chi connectivity index (χ3n) is 6.29. The van der Waals surface area contributed by atoms with Crippen molar-refractivity contribution in [2.75, 3.05) is 0 Å². The minimum absolute atomic E-state index is 0. The number of carbonyl (C=O) groups excluding carboxylic acids is 3. The van der Waals surface area contributed by atoms with Crippen LogP contribution in [0.1, 0.15) is 62.3 Å². The molecule has 0 amide bonds. The van der Waals surface area contributed by atoms with E-state index in [9.17, 15) is 107 Å². The van der Waals surface area contributed by atoms with Gasteiger partial charge in [-0.15, -0.1) is 0 Å². The first-order valence-corrected chi connectivity index (χ1v) is 14.5. The van der Waals surface area contributed by atoms with E-state index in [0.29, 0.717) is 0 Å². The Hall–Kier alpha value is -2.32. The second kappa shape index (κ2) is 19.2. The van der Waals surface area contributed by atoms with Gasteiger partial charge in [0.05, 0.1) is 0 Å². The van der Waals surface area contributed by atoms with E-state index in [-0.39, 0.29) is 65.2 Å². The summed E-state index contributed by atoms with van der Waals surface area (Å²) in [5, 5.41) is 27.5. The van der Waals surface area contributed by atoms with Gasteiger partial charge in [-0.3, -0.25) is 14.4 Å². The average molecular weight is 1060 g/mol. The summed E-state index contributed by atoms with van der Waals surface area (Å²) >= 11 is 0. The van der Waals surface area contributed by atoms with Crippen LogP contribution in [0.2, 0.25) is 0 Å². The first kappa shape index (κ1) is 62.3. The van der Waals surface area contributed by atoms with Gasteiger partial charge in [0.2, 0.25) is 17.3 Å². The molecule has 0 aliphatic carbocycles. The number of aliphatic hydroxyl groups excluding tert-OH is 3. The van der Waals surface area contributed by atoms with Gasteiger partial charge in [-0.2, -0.15) is 92.2 Å². The number of aliphatic hydroxyl groups is 3. The maximum Gasteiger partial charge on any atom is 0.460 e. The normalized spacial score (nSPS) is 15.3.